The molecule has 0 radical (unpaired) electrons. The predicted molar refractivity (Wildman–Crippen MR) is 80.5 cm³/mol. The molecule has 2 heterocycles. The molecule has 1 aliphatic rings. The molecule has 9 heteroatoms. The highest BCUT2D eigenvalue weighted by Gasteiger charge is 2.36. The Hall–Kier alpha value is -2.91. The molecule has 0 spiro atoms. The van der Waals surface area contributed by atoms with Crippen molar-refractivity contribution in [2.24, 2.45) is 0 Å². The summed E-state index contributed by atoms with van der Waals surface area (Å²) in [6.45, 7) is 2.69. The molecule has 2 aromatic rings. The lowest BCUT2D eigenvalue weighted by Crippen LogP contribution is -2.34. The summed E-state index contributed by atoms with van der Waals surface area (Å²) in [5, 5.41) is 22.1. The van der Waals surface area contributed by atoms with Crippen molar-refractivity contribution < 1.29 is 23.9 Å². The van der Waals surface area contributed by atoms with Crippen LogP contribution in [-0.2, 0) is 15.3 Å². The minimum absolute atomic E-state index is 0.217. The maximum atomic E-state index is 11.3. The van der Waals surface area contributed by atoms with Gasteiger partial charge >= 0.3 is 5.69 Å². The van der Waals surface area contributed by atoms with E-state index in [2.05, 4.69) is 0 Å². The van der Waals surface area contributed by atoms with Gasteiger partial charge < -0.3 is 9.47 Å². The van der Waals surface area contributed by atoms with E-state index in [0.29, 0.717) is 18.8 Å². The van der Waals surface area contributed by atoms with Crippen molar-refractivity contribution in [3.63, 3.8) is 0 Å². The number of hydrogen-bond donors (Lipinski definition) is 0. The van der Waals surface area contributed by atoms with Gasteiger partial charge in [-0.25, -0.2) is 0 Å². The van der Waals surface area contributed by atoms with Gasteiger partial charge in [0.05, 0.1) is 28.6 Å². The molecule has 9 nitrogen and oxygen atoms in total. The smallest absolute Gasteiger partial charge is 0.343 e. The molecule has 0 amide bonds. The molecule has 1 fully saturated rings. The Morgan fingerprint density at radius 3 is 2.46 bits per heavy atom. The van der Waals surface area contributed by atoms with Crippen molar-refractivity contribution in [3.05, 3.63) is 68.5 Å². The SMILES string of the molecule is CC1(c2ccc[n+](-c3ccc([N+](=O)[O-])cc3[N+](=O)[O-])c2)OCCO1. The first-order valence-electron chi connectivity index (χ1n) is 7.14. The van der Waals surface area contributed by atoms with Gasteiger partial charge in [-0.05, 0) is 13.0 Å². The Labute approximate surface area is 136 Å². The molecule has 1 aromatic heterocycles. The maximum Gasteiger partial charge on any atom is 0.347 e. The summed E-state index contributed by atoms with van der Waals surface area (Å²) in [6.07, 6.45) is 3.27. The molecule has 124 valence electrons. The largest absolute Gasteiger partial charge is 0.347 e. The zero-order valence-electron chi connectivity index (χ0n) is 12.7. The van der Waals surface area contributed by atoms with Gasteiger partial charge in [-0.2, -0.15) is 4.57 Å². The lowest BCUT2D eigenvalue weighted by Gasteiger charge is -2.20. The van der Waals surface area contributed by atoms with Crippen LogP contribution in [0.2, 0.25) is 0 Å². The molecule has 0 atom stereocenters. The zero-order valence-corrected chi connectivity index (χ0v) is 12.7. The van der Waals surface area contributed by atoms with Crippen LogP contribution in [-0.4, -0.2) is 23.1 Å². The number of non-ortho nitro benzene ring substituents is 1. The van der Waals surface area contributed by atoms with Crippen LogP contribution >= 0.6 is 0 Å². The van der Waals surface area contributed by atoms with Gasteiger partial charge in [-0.3, -0.25) is 20.2 Å². The fourth-order valence-corrected chi connectivity index (χ4v) is 2.56. The molecular formula is C15H14N3O6+. The van der Waals surface area contributed by atoms with Gasteiger partial charge in [-0.15, -0.1) is 0 Å². The molecular weight excluding hydrogens is 318 g/mol. The van der Waals surface area contributed by atoms with Crippen molar-refractivity contribution >= 4 is 11.4 Å². The fraction of sp³-hybridized carbons (Fsp3) is 0.267. The number of ether oxygens (including phenoxy) is 2. The van der Waals surface area contributed by atoms with Crippen molar-refractivity contribution in [3.8, 4) is 5.69 Å². The second kappa shape index (κ2) is 5.95. The first kappa shape index (κ1) is 16.0. The first-order valence-corrected chi connectivity index (χ1v) is 7.14. The molecule has 0 aliphatic carbocycles. The third-order valence-corrected chi connectivity index (χ3v) is 3.81. The Kier molecular flexibility index (Phi) is 3.96. The number of benzene rings is 1. The number of rotatable bonds is 4. The van der Waals surface area contributed by atoms with Crippen LogP contribution < -0.4 is 4.57 Å². The Balaban J connectivity index is 2.09. The highest BCUT2D eigenvalue weighted by Crippen LogP contribution is 2.30. The van der Waals surface area contributed by atoms with Crippen LogP contribution in [0.25, 0.3) is 5.69 Å². The Morgan fingerprint density at radius 1 is 1.12 bits per heavy atom. The number of aromatic nitrogens is 1. The number of hydrogen-bond acceptors (Lipinski definition) is 6. The quantitative estimate of drug-likeness (QED) is 0.481. The van der Waals surface area contributed by atoms with E-state index in [1.807, 2.05) is 0 Å². The van der Waals surface area contributed by atoms with Crippen LogP contribution in [0.5, 0.6) is 0 Å². The topological polar surface area (TPSA) is 109 Å². The van der Waals surface area contributed by atoms with E-state index in [-0.39, 0.29) is 17.1 Å². The molecule has 0 saturated carbocycles. The highest BCUT2D eigenvalue weighted by atomic mass is 16.7. The number of nitrogens with zero attached hydrogens (tertiary/aromatic N) is 3. The van der Waals surface area contributed by atoms with Gasteiger partial charge in [0.15, 0.2) is 18.2 Å². The minimum atomic E-state index is -0.918. The second-order valence-corrected chi connectivity index (χ2v) is 5.33. The normalized spacial score (nSPS) is 16.0. The van der Waals surface area contributed by atoms with Crippen LogP contribution in [0.4, 0.5) is 11.4 Å². The summed E-state index contributed by atoms with van der Waals surface area (Å²) >= 11 is 0. The van der Waals surface area contributed by atoms with Crippen molar-refractivity contribution in [2.75, 3.05) is 13.2 Å². The summed E-state index contributed by atoms with van der Waals surface area (Å²) in [6, 6.07) is 7.01. The minimum Gasteiger partial charge on any atom is -0.343 e. The molecule has 0 unspecified atom stereocenters. The van der Waals surface area contributed by atoms with E-state index in [4.69, 9.17) is 9.47 Å². The van der Waals surface area contributed by atoms with E-state index in [1.54, 1.807) is 31.5 Å². The summed E-state index contributed by atoms with van der Waals surface area (Å²) in [7, 11) is 0. The van der Waals surface area contributed by atoms with Crippen molar-refractivity contribution in [2.45, 2.75) is 12.7 Å². The van der Waals surface area contributed by atoms with Crippen LogP contribution in [0.1, 0.15) is 12.5 Å². The lowest BCUT2D eigenvalue weighted by molar-refractivity contribution is -0.602. The molecule has 0 N–H and O–H groups in total. The fourth-order valence-electron chi connectivity index (χ4n) is 2.56. The third kappa shape index (κ3) is 2.82. The van der Waals surface area contributed by atoms with Crippen LogP contribution in [0.15, 0.2) is 42.7 Å². The van der Waals surface area contributed by atoms with Gasteiger partial charge in [-0.1, -0.05) is 0 Å². The standard InChI is InChI=1S/C15H14N3O6/c1-15(23-7-8-24-15)11-3-2-6-16(10-11)13-5-4-12(17(19)20)9-14(13)18(21)22/h2-6,9-10H,7-8H2,1H3/q+1. The van der Waals surface area contributed by atoms with Crippen molar-refractivity contribution in [1.82, 2.24) is 0 Å². The van der Waals surface area contributed by atoms with E-state index < -0.39 is 15.6 Å². The maximum absolute atomic E-state index is 11.3. The molecule has 3 rings (SSSR count). The van der Waals surface area contributed by atoms with E-state index in [9.17, 15) is 20.2 Å². The molecule has 24 heavy (non-hydrogen) atoms. The number of nitro benzene ring substituents is 2. The predicted octanol–water partition coefficient (Wildman–Crippen LogP) is 2.00. The number of pyridine rings is 1. The third-order valence-electron chi connectivity index (χ3n) is 3.81. The Morgan fingerprint density at radius 2 is 1.83 bits per heavy atom. The summed E-state index contributed by atoms with van der Waals surface area (Å²) in [5.41, 5.74) is 0.214. The van der Waals surface area contributed by atoms with Gasteiger partial charge in [0.2, 0.25) is 0 Å². The molecule has 0 bridgehead atoms. The van der Waals surface area contributed by atoms with Gasteiger partial charge in [0, 0.05) is 18.2 Å². The highest BCUT2D eigenvalue weighted by molar-refractivity contribution is 5.53. The van der Waals surface area contributed by atoms with Gasteiger partial charge in [0.1, 0.15) is 6.07 Å². The van der Waals surface area contributed by atoms with E-state index in [1.165, 1.54) is 16.7 Å². The van der Waals surface area contributed by atoms with E-state index in [0.717, 1.165) is 6.07 Å². The van der Waals surface area contributed by atoms with E-state index >= 15 is 0 Å². The van der Waals surface area contributed by atoms with Gasteiger partial charge in [0.25, 0.3) is 11.4 Å². The average Bonchev–Trinajstić information content (AvgIpc) is 3.02. The summed E-state index contributed by atoms with van der Waals surface area (Å²) in [4.78, 5) is 20.8. The van der Waals surface area contributed by atoms with Crippen LogP contribution in [0.3, 0.4) is 0 Å². The molecule has 1 aromatic carbocycles. The van der Waals surface area contributed by atoms with Crippen molar-refractivity contribution in [1.29, 1.82) is 0 Å². The monoisotopic (exact) mass is 332 g/mol. The first-order chi connectivity index (χ1) is 11.4. The zero-order chi connectivity index (χ0) is 17.3. The second-order valence-electron chi connectivity index (χ2n) is 5.33. The lowest BCUT2D eigenvalue weighted by atomic mass is 10.1. The van der Waals surface area contributed by atoms with Crippen LogP contribution in [0, 0.1) is 20.2 Å². The molecule has 1 aliphatic heterocycles. The Bertz CT molecular complexity index is 817. The average molecular weight is 332 g/mol. The number of nitro groups is 2. The summed E-state index contributed by atoms with van der Waals surface area (Å²) in [5.74, 6) is -0.918. The molecule has 1 saturated heterocycles. The summed E-state index contributed by atoms with van der Waals surface area (Å²) < 4.78 is 12.7.